The summed E-state index contributed by atoms with van der Waals surface area (Å²) in [5, 5.41) is 19.2. The lowest BCUT2D eigenvalue weighted by atomic mass is 10.1. The highest BCUT2D eigenvalue weighted by atomic mass is 16.5. The zero-order chi connectivity index (χ0) is 14.3. The molecule has 0 bridgehead atoms. The van der Waals surface area contributed by atoms with Crippen LogP contribution < -0.4 is 9.64 Å². The molecule has 0 aliphatic rings. The van der Waals surface area contributed by atoms with Gasteiger partial charge in [-0.25, -0.2) is 0 Å². The van der Waals surface area contributed by atoms with Crippen LogP contribution in [0.25, 0.3) is 0 Å². The van der Waals surface area contributed by atoms with Crippen LogP contribution in [0.1, 0.15) is 38.4 Å². The van der Waals surface area contributed by atoms with Crippen molar-refractivity contribution in [3.63, 3.8) is 0 Å². The second kappa shape index (κ2) is 8.02. The maximum Gasteiger partial charge on any atom is 0.126 e. The Bertz CT molecular complexity index is 380. The zero-order valence-electron chi connectivity index (χ0n) is 12.1. The van der Waals surface area contributed by atoms with Crippen LogP contribution in [-0.2, 0) is 0 Å². The Morgan fingerprint density at radius 2 is 2.05 bits per heavy atom. The summed E-state index contributed by atoms with van der Waals surface area (Å²) in [6, 6.07) is 5.73. The molecule has 108 valence electrons. The minimum atomic E-state index is -0.603. The number of ether oxygens (including phenoxy) is 1. The van der Waals surface area contributed by atoms with Gasteiger partial charge >= 0.3 is 0 Å². The van der Waals surface area contributed by atoms with Crippen molar-refractivity contribution in [2.24, 2.45) is 0 Å². The first kappa shape index (κ1) is 15.8. The molecule has 19 heavy (non-hydrogen) atoms. The van der Waals surface area contributed by atoms with E-state index in [4.69, 9.17) is 4.74 Å². The van der Waals surface area contributed by atoms with Gasteiger partial charge in [-0.1, -0.05) is 19.4 Å². The highest BCUT2D eigenvalue weighted by Crippen LogP contribution is 2.34. The molecule has 0 spiro atoms. The van der Waals surface area contributed by atoms with E-state index in [1.807, 2.05) is 18.2 Å². The van der Waals surface area contributed by atoms with Crippen LogP contribution in [0.4, 0.5) is 5.69 Å². The van der Waals surface area contributed by atoms with Crippen molar-refractivity contribution in [2.75, 3.05) is 31.7 Å². The Kier molecular flexibility index (Phi) is 6.67. The summed E-state index contributed by atoms with van der Waals surface area (Å²) in [5.41, 5.74) is 1.73. The minimum Gasteiger partial charge on any atom is -0.496 e. The van der Waals surface area contributed by atoms with Crippen molar-refractivity contribution < 1.29 is 14.9 Å². The van der Waals surface area contributed by atoms with Crippen LogP contribution in [-0.4, -0.2) is 37.0 Å². The average molecular weight is 267 g/mol. The van der Waals surface area contributed by atoms with Gasteiger partial charge < -0.3 is 19.8 Å². The van der Waals surface area contributed by atoms with Crippen molar-refractivity contribution in [1.82, 2.24) is 0 Å². The molecule has 4 heteroatoms. The molecule has 0 aliphatic carbocycles. The first-order valence-corrected chi connectivity index (χ1v) is 6.86. The number of methoxy groups -OCH3 is 1. The third kappa shape index (κ3) is 4.11. The molecular weight excluding hydrogens is 242 g/mol. The maximum atomic E-state index is 9.99. The van der Waals surface area contributed by atoms with Gasteiger partial charge in [0.25, 0.3) is 0 Å². The number of nitrogens with zero attached hydrogens (tertiary/aromatic N) is 1. The Morgan fingerprint density at radius 3 is 2.58 bits per heavy atom. The zero-order valence-corrected chi connectivity index (χ0v) is 12.1. The molecule has 0 aromatic heterocycles. The van der Waals surface area contributed by atoms with Crippen molar-refractivity contribution in [3.05, 3.63) is 23.8 Å². The lowest BCUT2D eigenvalue weighted by Gasteiger charge is -2.28. The largest absolute Gasteiger partial charge is 0.496 e. The number of hydrogen-bond donors (Lipinski definition) is 2. The van der Waals surface area contributed by atoms with E-state index in [9.17, 15) is 10.2 Å². The SMILES string of the molecule is CCCCN(CCO)c1cccc(OC)c1C(C)O. The third-order valence-electron chi connectivity index (χ3n) is 3.17. The summed E-state index contributed by atoms with van der Waals surface area (Å²) in [7, 11) is 1.60. The average Bonchev–Trinajstić information content (AvgIpc) is 2.42. The molecule has 1 aromatic rings. The summed E-state index contributed by atoms with van der Waals surface area (Å²) in [5.74, 6) is 0.687. The van der Waals surface area contributed by atoms with E-state index in [-0.39, 0.29) is 6.61 Å². The third-order valence-corrected chi connectivity index (χ3v) is 3.17. The van der Waals surface area contributed by atoms with Gasteiger partial charge in [-0.3, -0.25) is 0 Å². The van der Waals surface area contributed by atoms with Gasteiger partial charge in [0.15, 0.2) is 0 Å². The summed E-state index contributed by atoms with van der Waals surface area (Å²) < 4.78 is 5.33. The standard InChI is InChI=1S/C15H25NO3/c1-4-5-9-16(10-11-17)13-7-6-8-14(19-3)15(13)12(2)18/h6-8,12,17-18H,4-5,9-11H2,1-3H3. The fourth-order valence-electron chi connectivity index (χ4n) is 2.23. The van der Waals surface area contributed by atoms with Crippen LogP contribution in [0.5, 0.6) is 5.75 Å². The lowest BCUT2D eigenvalue weighted by Crippen LogP contribution is -2.29. The molecule has 4 nitrogen and oxygen atoms in total. The van der Waals surface area contributed by atoms with Gasteiger partial charge in [-0.15, -0.1) is 0 Å². The van der Waals surface area contributed by atoms with Crippen molar-refractivity contribution in [3.8, 4) is 5.75 Å². The summed E-state index contributed by atoms with van der Waals surface area (Å²) in [4.78, 5) is 2.11. The quantitative estimate of drug-likeness (QED) is 0.759. The Morgan fingerprint density at radius 1 is 1.32 bits per heavy atom. The first-order valence-electron chi connectivity index (χ1n) is 6.86. The van der Waals surface area contributed by atoms with Gasteiger partial charge in [0.1, 0.15) is 5.75 Å². The van der Waals surface area contributed by atoms with Crippen LogP contribution in [0.2, 0.25) is 0 Å². The second-order valence-electron chi connectivity index (χ2n) is 4.63. The molecule has 0 heterocycles. The molecule has 0 saturated heterocycles. The Balaban J connectivity index is 3.13. The highest BCUT2D eigenvalue weighted by Gasteiger charge is 2.18. The molecule has 1 rings (SSSR count). The van der Waals surface area contributed by atoms with Crippen LogP contribution >= 0.6 is 0 Å². The van der Waals surface area contributed by atoms with Crippen molar-refractivity contribution in [1.29, 1.82) is 0 Å². The van der Waals surface area contributed by atoms with E-state index in [0.717, 1.165) is 30.6 Å². The van der Waals surface area contributed by atoms with E-state index >= 15 is 0 Å². The van der Waals surface area contributed by atoms with E-state index in [1.54, 1.807) is 14.0 Å². The van der Waals surface area contributed by atoms with E-state index in [1.165, 1.54) is 0 Å². The lowest BCUT2D eigenvalue weighted by molar-refractivity contribution is 0.194. The summed E-state index contributed by atoms with van der Waals surface area (Å²) in [6.45, 7) is 5.40. The predicted octanol–water partition coefficient (Wildman–Crippen LogP) is 2.35. The normalized spacial score (nSPS) is 12.3. The molecule has 2 N–H and O–H groups in total. The van der Waals surface area contributed by atoms with E-state index < -0.39 is 6.10 Å². The monoisotopic (exact) mass is 267 g/mol. The maximum absolute atomic E-state index is 9.99. The number of aliphatic hydroxyl groups excluding tert-OH is 2. The van der Waals surface area contributed by atoms with Gasteiger partial charge in [0.2, 0.25) is 0 Å². The van der Waals surface area contributed by atoms with Gasteiger partial charge in [-0.2, -0.15) is 0 Å². The number of unbranched alkanes of at least 4 members (excludes halogenated alkanes) is 1. The fraction of sp³-hybridized carbons (Fsp3) is 0.600. The van der Waals surface area contributed by atoms with Gasteiger partial charge in [0.05, 0.1) is 19.8 Å². The van der Waals surface area contributed by atoms with Crippen LogP contribution in [0.3, 0.4) is 0 Å². The number of anilines is 1. The topological polar surface area (TPSA) is 52.9 Å². The molecule has 0 saturated carbocycles. The smallest absolute Gasteiger partial charge is 0.126 e. The van der Waals surface area contributed by atoms with Crippen molar-refractivity contribution in [2.45, 2.75) is 32.8 Å². The van der Waals surface area contributed by atoms with Crippen molar-refractivity contribution >= 4 is 5.69 Å². The molecule has 1 aromatic carbocycles. The summed E-state index contributed by atoms with van der Waals surface area (Å²) >= 11 is 0. The second-order valence-corrected chi connectivity index (χ2v) is 4.63. The molecule has 0 aliphatic heterocycles. The van der Waals surface area contributed by atoms with Gasteiger partial charge in [-0.05, 0) is 25.5 Å². The number of benzene rings is 1. The van der Waals surface area contributed by atoms with E-state index in [2.05, 4.69) is 11.8 Å². The Labute approximate surface area is 115 Å². The predicted molar refractivity (Wildman–Crippen MR) is 77.8 cm³/mol. The fourth-order valence-corrected chi connectivity index (χ4v) is 2.23. The minimum absolute atomic E-state index is 0.0974. The molecule has 0 amide bonds. The van der Waals surface area contributed by atoms with Gasteiger partial charge in [0, 0.05) is 24.3 Å². The molecule has 1 atom stereocenters. The first-order chi connectivity index (χ1) is 9.15. The number of aliphatic hydroxyl groups is 2. The molecule has 0 fully saturated rings. The van der Waals surface area contributed by atoms with Crippen LogP contribution in [0, 0.1) is 0 Å². The molecule has 0 radical (unpaired) electrons. The van der Waals surface area contributed by atoms with E-state index in [0.29, 0.717) is 12.3 Å². The molecule has 1 unspecified atom stereocenters. The summed E-state index contributed by atoms with van der Waals surface area (Å²) in [6.07, 6.45) is 1.54. The molecular formula is C15H25NO3. The Hall–Kier alpha value is -1.26. The highest BCUT2D eigenvalue weighted by molar-refractivity contribution is 5.60. The van der Waals surface area contributed by atoms with Crippen LogP contribution in [0.15, 0.2) is 18.2 Å². The number of hydrogen-bond acceptors (Lipinski definition) is 4. The number of rotatable bonds is 8.